The maximum atomic E-state index is 13.1. The van der Waals surface area contributed by atoms with Crippen LogP contribution in [-0.4, -0.2) is 35.0 Å². The summed E-state index contributed by atoms with van der Waals surface area (Å²) in [5.74, 6) is 0.686. The highest BCUT2D eigenvalue weighted by molar-refractivity contribution is 6.04. The van der Waals surface area contributed by atoms with E-state index in [1.54, 1.807) is 12.1 Å². The molecule has 1 aliphatic rings. The summed E-state index contributed by atoms with van der Waals surface area (Å²) in [5.41, 5.74) is 2.29. The largest absolute Gasteiger partial charge is 0.356 e. The minimum absolute atomic E-state index is 0.0359. The van der Waals surface area contributed by atoms with Crippen molar-refractivity contribution in [1.29, 1.82) is 0 Å². The summed E-state index contributed by atoms with van der Waals surface area (Å²) in [6.45, 7) is 5.84. The fourth-order valence-corrected chi connectivity index (χ4v) is 4.19. The molecule has 4 rings (SSSR count). The average Bonchev–Trinajstić information content (AvgIpc) is 3.10. The normalized spacial score (nSPS) is 19.3. The minimum atomic E-state index is -0.232. The fourth-order valence-electron chi connectivity index (χ4n) is 4.19. The van der Waals surface area contributed by atoms with Gasteiger partial charge in [-0.2, -0.15) is 0 Å². The number of piperidine rings is 1. The molecule has 29 heavy (non-hydrogen) atoms. The topological polar surface area (TPSA) is 75.4 Å². The first kappa shape index (κ1) is 19.2. The lowest BCUT2D eigenvalue weighted by Crippen LogP contribution is -2.42. The van der Waals surface area contributed by atoms with Crippen molar-refractivity contribution in [3.05, 3.63) is 59.8 Å². The molecule has 0 saturated carbocycles. The average molecular weight is 391 g/mol. The van der Waals surface area contributed by atoms with Crippen LogP contribution in [0.3, 0.4) is 0 Å². The molecule has 0 radical (unpaired) electrons. The zero-order valence-corrected chi connectivity index (χ0v) is 16.7. The Morgan fingerprint density at radius 1 is 1.07 bits per heavy atom. The number of benzene rings is 2. The van der Waals surface area contributed by atoms with Gasteiger partial charge in [0.05, 0.1) is 17.7 Å². The molecule has 150 valence electrons. The highest BCUT2D eigenvalue weighted by Crippen LogP contribution is 2.25. The van der Waals surface area contributed by atoms with E-state index in [2.05, 4.69) is 24.3 Å². The van der Waals surface area contributed by atoms with Crippen LogP contribution in [-0.2, 0) is 11.2 Å². The molecule has 6 heteroatoms. The maximum Gasteiger partial charge on any atom is 0.255 e. The van der Waals surface area contributed by atoms with Crippen molar-refractivity contribution in [1.82, 2.24) is 10.1 Å². The Labute approximate surface area is 169 Å². The smallest absolute Gasteiger partial charge is 0.255 e. The van der Waals surface area contributed by atoms with Crippen LogP contribution in [0.2, 0.25) is 0 Å². The molecule has 6 nitrogen and oxygen atoms in total. The number of likely N-dealkylation sites (tertiary alicyclic amines) is 1. The molecule has 1 N–H and O–H groups in total. The van der Waals surface area contributed by atoms with E-state index in [9.17, 15) is 9.59 Å². The van der Waals surface area contributed by atoms with Crippen LogP contribution in [0.1, 0.15) is 36.3 Å². The fraction of sp³-hybridized carbons (Fsp3) is 0.348. The van der Waals surface area contributed by atoms with E-state index in [-0.39, 0.29) is 18.2 Å². The van der Waals surface area contributed by atoms with Crippen molar-refractivity contribution in [2.24, 2.45) is 11.8 Å². The number of amides is 2. The first-order chi connectivity index (χ1) is 14.0. The molecule has 2 amide bonds. The number of anilines is 1. The number of fused-ring (bicyclic) bond motifs is 1. The predicted molar refractivity (Wildman–Crippen MR) is 112 cm³/mol. The van der Waals surface area contributed by atoms with Crippen LogP contribution in [0.25, 0.3) is 11.0 Å². The van der Waals surface area contributed by atoms with Crippen molar-refractivity contribution in [2.75, 3.05) is 18.4 Å². The van der Waals surface area contributed by atoms with Crippen LogP contribution in [0.4, 0.5) is 5.69 Å². The predicted octanol–water partition coefficient (Wildman–Crippen LogP) is 4.13. The monoisotopic (exact) mass is 391 g/mol. The number of nitrogens with zero attached hydrogens (tertiary/aromatic N) is 2. The molecule has 0 unspecified atom stereocenters. The molecule has 1 aromatic heterocycles. The summed E-state index contributed by atoms with van der Waals surface area (Å²) in [6, 6.07) is 14.6. The Kier molecular flexibility index (Phi) is 5.34. The molecule has 1 fully saturated rings. The van der Waals surface area contributed by atoms with Gasteiger partial charge in [0.1, 0.15) is 5.69 Å². The van der Waals surface area contributed by atoms with Crippen LogP contribution in [0.5, 0.6) is 0 Å². The summed E-state index contributed by atoms with van der Waals surface area (Å²) in [4.78, 5) is 27.7. The van der Waals surface area contributed by atoms with Gasteiger partial charge in [-0.3, -0.25) is 9.59 Å². The molecule has 3 aromatic rings. The summed E-state index contributed by atoms with van der Waals surface area (Å²) in [5, 5.41) is 7.72. The lowest BCUT2D eigenvalue weighted by atomic mass is 9.91. The number of aromatic nitrogens is 1. The van der Waals surface area contributed by atoms with E-state index in [4.69, 9.17) is 4.52 Å². The molecular formula is C23H25N3O3. The summed E-state index contributed by atoms with van der Waals surface area (Å²) >= 11 is 0. The van der Waals surface area contributed by atoms with Gasteiger partial charge >= 0.3 is 0 Å². The third-order valence-electron chi connectivity index (χ3n) is 5.37. The summed E-state index contributed by atoms with van der Waals surface area (Å²) < 4.78 is 5.27. The number of carbonyl (C=O) groups is 2. The number of nitrogens with one attached hydrogen (secondary N) is 1. The Hall–Kier alpha value is -3.15. The van der Waals surface area contributed by atoms with Crippen molar-refractivity contribution in [2.45, 2.75) is 26.7 Å². The summed E-state index contributed by atoms with van der Waals surface area (Å²) in [6.07, 6.45) is 1.21. The highest BCUT2D eigenvalue weighted by Gasteiger charge is 2.27. The quantitative estimate of drug-likeness (QED) is 0.726. The number of hydrogen-bond acceptors (Lipinski definition) is 4. The molecule has 0 spiro atoms. The standard InChI is InChI=1S/C23H25N3O3/c1-15-11-16(2)14-26(13-15)23(28)18-8-3-5-9-19(18)24-22(27)12-20-17-7-4-6-10-21(17)29-25-20/h3-10,15-16H,11-14H2,1-2H3,(H,24,27)/t15-,16-/m1/s1. The number of para-hydroxylation sites is 2. The van der Waals surface area contributed by atoms with Crippen LogP contribution in [0, 0.1) is 11.8 Å². The Morgan fingerprint density at radius 3 is 2.55 bits per heavy atom. The third kappa shape index (κ3) is 4.16. The van der Waals surface area contributed by atoms with Crippen molar-refractivity contribution in [3.8, 4) is 0 Å². The second kappa shape index (κ2) is 8.07. The molecule has 0 aliphatic carbocycles. The van der Waals surface area contributed by atoms with Crippen molar-refractivity contribution < 1.29 is 14.1 Å². The van der Waals surface area contributed by atoms with Crippen molar-refractivity contribution >= 4 is 28.5 Å². The lowest BCUT2D eigenvalue weighted by Gasteiger charge is -2.35. The SMILES string of the molecule is C[C@@H]1C[C@@H](C)CN(C(=O)c2ccccc2NC(=O)Cc2noc3ccccc23)C1. The van der Waals surface area contributed by atoms with Gasteiger partial charge in [0, 0.05) is 18.5 Å². The van der Waals surface area contributed by atoms with E-state index in [0.717, 1.165) is 24.9 Å². The lowest BCUT2D eigenvalue weighted by molar-refractivity contribution is -0.115. The Balaban J connectivity index is 1.51. The number of carbonyl (C=O) groups excluding carboxylic acids is 2. The zero-order chi connectivity index (χ0) is 20.4. The van der Waals surface area contributed by atoms with Crippen molar-refractivity contribution in [3.63, 3.8) is 0 Å². The second-order valence-electron chi connectivity index (χ2n) is 8.05. The van der Waals surface area contributed by atoms with Gasteiger partial charge in [-0.25, -0.2) is 0 Å². The molecule has 2 heterocycles. The zero-order valence-electron chi connectivity index (χ0n) is 16.7. The summed E-state index contributed by atoms with van der Waals surface area (Å²) in [7, 11) is 0. The highest BCUT2D eigenvalue weighted by atomic mass is 16.5. The van der Waals surface area contributed by atoms with E-state index in [0.29, 0.717) is 34.4 Å². The molecular weight excluding hydrogens is 366 g/mol. The maximum absolute atomic E-state index is 13.1. The molecule has 1 aliphatic heterocycles. The first-order valence-corrected chi connectivity index (χ1v) is 10.0. The van der Waals surface area contributed by atoms with Gasteiger partial charge in [-0.1, -0.05) is 43.3 Å². The molecule has 1 saturated heterocycles. The Bertz CT molecular complexity index is 1030. The van der Waals surface area contributed by atoms with Gasteiger partial charge in [-0.05, 0) is 42.5 Å². The first-order valence-electron chi connectivity index (χ1n) is 10.0. The van der Waals surface area contributed by atoms with Crippen LogP contribution >= 0.6 is 0 Å². The molecule has 0 bridgehead atoms. The molecule has 2 aromatic carbocycles. The van der Waals surface area contributed by atoms with Crippen LogP contribution in [0.15, 0.2) is 53.1 Å². The number of hydrogen-bond donors (Lipinski definition) is 1. The third-order valence-corrected chi connectivity index (χ3v) is 5.37. The van der Waals surface area contributed by atoms with Gasteiger partial charge in [-0.15, -0.1) is 0 Å². The van der Waals surface area contributed by atoms with Crippen LogP contribution < -0.4 is 5.32 Å². The van der Waals surface area contributed by atoms with E-state index >= 15 is 0 Å². The molecule has 2 atom stereocenters. The number of rotatable bonds is 4. The van der Waals surface area contributed by atoms with Gasteiger partial charge in [0.15, 0.2) is 5.58 Å². The second-order valence-corrected chi connectivity index (χ2v) is 8.05. The van der Waals surface area contributed by atoms with Gasteiger partial charge in [0.25, 0.3) is 5.91 Å². The van der Waals surface area contributed by atoms with E-state index in [1.165, 1.54) is 0 Å². The van der Waals surface area contributed by atoms with Gasteiger partial charge < -0.3 is 14.7 Å². The van der Waals surface area contributed by atoms with E-state index in [1.807, 2.05) is 41.3 Å². The Morgan fingerprint density at radius 2 is 1.76 bits per heavy atom. The van der Waals surface area contributed by atoms with Gasteiger partial charge in [0.2, 0.25) is 5.91 Å². The van der Waals surface area contributed by atoms with E-state index < -0.39 is 0 Å². The minimum Gasteiger partial charge on any atom is -0.356 e.